The summed E-state index contributed by atoms with van der Waals surface area (Å²) in [6.45, 7) is 2.12. The fourth-order valence-electron chi connectivity index (χ4n) is 2.04. The van der Waals surface area contributed by atoms with Crippen molar-refractivity contribution in [3.63, 3.8) is 0 Å². The van der Waals surface area contributed by atoms with Crippen molar-refractivity contribution < 1.29 is 9.31 Å². The first-order chi connectivity index (χ1) is 7.97. The Labute approximate surface area is 106 Å². The van der Waals surface area contributed by atoms with Crippen LogP contribution >= 0.6 is 15.9 Å². The van der Waals surface area contributed by atoms with E-state index in [1.54, 1.807) is 0 Å². The normalized spacial score (nSPS) is 23.0. The lowest BCUT2D eigenvalue weighted by Gasteiger charge is -2.33. The molecule has 0 radical (unpaired) electrons. The minimum absolute atomic E-state index is 0.0992. The third-order valence-corrected chi connectivity index (χ3v) is 3.58. The lowest BCUT2D eigenvalue weighted by atomic mass is 9.82. The molecule has 6 heteroatoms. The van der Waals surface area contributed by atoms with Gasteiger partial charge >= 0.3 is 0 Å². The van der Waals surface area contributed by atoms with Gasteiger partial charge in [0.25, 0.3) is 5.69 Å². The van der Waals surface area contributed by atoms with E-state index in [9.17, 15) is 14.5 Å². The molecular formula is C11H12BrFN2O2. The number of halogens is 2. The zero-order chi connectivity index (χ0) is 12.6. The first kappa shape index (κ1) is 12.3. The molecule has 2 rings (SSSR count). The van der Waals surface area contributed by atoms with E-state index in [2.05, 4.69) is 28.2 Å². The monoisotopic (exact) mass is 302 g/mol. The van der Waals surface area contributed by atoms with Crippen molar-refractivity contribution in [1.29, 1.82) is 0 Å². The molecule has 0 unspecified atom stereocenters. The number of nitrogens with one attached hydrogen (secondary N) is 1. The predicted molar refractivity (Wildman–Crippen MR) is 66.6 cm³/mol. The second-order valence-corrected chi connectivity index (χ2v) is 5.31. The molecule has 1 N–H and O–H groups in total. The van der Waals surface area contributed by atoms with Gasteiger partial charge < -0.3 is 5.32 Å². The van der Waals surface area contributed by atoms with Crippen molar-refractivity contribution in [2.45, 2.75) is 25.8 Å². The van der Waals surface area contributed by atoms with E-state index >= 15 is 0 Å². The summed E-state index contributed by atoms with van der Waals surface area (Å²) in [5.41, 5.74) is 0.158. The van der Waals surface area contributed by atoms with Crippen molar-refractivity contribution in [2.75, 3.05) is 5.32 Å². The number of anilines is 1. The molecular weight excluding hydrogens is 291 g/mol. The van der Waals surface area contributed by atoms with Crippen LogP contribution in [0.5, 0.6) is 0 Å². The third-order valence-electron chi connectivity index (χ3n) is 2.97. The number of hydrogen-bond acceptors (Lipinski definition) is 3. The summed E-state index contributed by atoms with van der Waals surface area (Å²) in [7, 11) is 0. The molecule has 0 aliphatic heterocycles. The van der Waals surface area contributed by atoms with Crippen LogP contribution in [0.25, 0.3) is 0 Å². The Kier molecular flexibility index (Phi) is 3.33. The second-order valence-electron chi connectivity index (χ2n) is 4.46. The standard InChI is InChI=1S/C11H12BrFN2O2/c1-6-2-7(3-6)14-10-5-9(13)8(12)4-11(10)15(16)17/h4-7,14H,2-3H2,1H3. The van der Waals surface area contributed by atoms with E-state index in [1.807, 2.05) is 0 Å². The number of hydrogen-bond donors (Lipinski definition) is 1. The molecule has 1 aromatic carbocycles. The Morgan fingerprint density at radius 1 is 1.53 bits per heavy atom. The lowest BCUT2D eigenvalue weighted by molar-refractivity contribution is -0.384. The van der Waals surface area contributed by atoms with E-state index in [0.29, 0.717) is 5.92 Å². The summed E-state index contributed by atoms with van der Waals surface area (Å²) in [4.78, 5) is 10.4. The molecule has 1 aliphatic rings. The molecule has 0 saturated heterocycles. The van der Waals surface area contributed by atoms with Gasteiger partial charge in [0.05, 0.1) is 9.40 Å². The average Bonchev–Trinajstić information content (AvgIpc) is 2.20. The fraction of sp³-hybridized carbons (Fsp3) is 0.455. The molecule has 1 aliphatic carbocycles. The zero-order valence-corrected chi connectivity index (χ0v) is 10.8. The molecule has 4 nitrogen and oxygen atoms in total. The maximum atomic E-state index is 13.4. The number of rotatable bonds is 3. The summed E-state index contributed by atoms with van der Waals surface area (Å²) in [5.74, 6) is 0.136. The van der Waals surface area contributed by atoms with Gasteiger partial charge in [-0.1, -0.05) is 6.92 Å². The van der Waals surface area contributed by atoms with E-state index in [-0.39, 0.29) is 21.9 Å². The van der Waals surface area contributed by atoms with Gasteiger partial charge in [-0.15, -0.1) is 0 Å². The Morgan fingerprint density at radius 2 is 2.18 bits per heavy atom. The largest absolute Gasteiger partial charge is 0.377 e. The molecule has 92 valence electrons. The summed E-state index contributed by atoms with van der Waals surface area (Å²) < 4.78 is 13.5. The van der Waals surface area contributed by atoms with Crippen LogP contribution < -0.4 is 5.32 Å². The SMILES string of the molecule is CC1CC(Nc2cc(F)c(Br)cc2[N+](=O)[O-])C1. The van der Waals surface area contributed by atoms with Crippen LogP contribution in [0.2, 0.25) is 0 Å². The van der Waals surface area contributed by atoms with Crippen molar-refractivity contribution >= 4 is 27.3 Å². The summed E-state index contributed by atoms with van der Waals surface area (Å²) in [6.07, 6.45) is 1.93. The molecule has 17 heavy (non-hydrogen) atoms. The Morgan fingerprint density at radius 3 is 2.71 bits per heavy atom. The number of nitro benzene ring substituents is 1. The Bertz CT molecular complexity index is 461. The van der Waals surface area contributed by atoms with Crippen LogP contribution in [0, 0.1) is 21.8 Å². The van der Waals surface area contributed by atoms with Crippen molar-refractivity contribution in [3.8, 4) is 0 Å². The lowest BCUT2D eigenvalue weighted by Crippen LogP contribution is -2.34. The van der Waals surface area contributed by atoms with Gasteiger partial charge in [0.1, 0.15) is 11.5 Å². The van der Waals surface area contributed by atoms with Crippen LogP contribution in [-0.4, -0.2) is 11.0 Å². The highest BCUT2D eigenvalue weighted by Gasteiger charge is 2.28. The minimum atomic E-state index is -0.505. The molecule has 0 aromatic heterocycles. The van der Waals surface area contributed by atoms with Crippen LogP contribution in [-0.2, 0) is 0 Å². The first-order valence-corrected chi connectivity index (χ1v) is 6.16. The molecule has 1 fully saturated rings. The van der Waals surface area contributed by atoms with E-state index in [1.165, 1.54) is 12.1 Å². The van der Waals surface area contributed by atoms with Gasteiger partial charge in [-0.3, -0.25) is 10.1 Å². The average molecular weight is 303 g/mol. The Balaban J connectivity index is 2.25. The van der Waals surface area contributed by atoms with Gasteiger partial charge in [0.2, 0.25) is 0 Å². The third kappa shape index (κ3) is 2.57. The van der Waals surface area contributed by atoms with Gasteiger partial charge in [-0.2, -0.15) is 0 Å². The summed E-state index contributed by atoms with van der Waals surface area (Å²) in [6, 6.07) is 2.58. The molecule has 0 bridgehead atoms. The quantitative estimate of drug-likeness (QED) is 0.684. The topological polar surface area (TPSA) is 55.2 Å². The Hall–Kier alpha value is -1.17. The molecule has 0 atom stereocenters. The molecule has 1 aromatic rings. The second kappa shape index (κ2) is 4.60. The van der Waals surface area contributed by atoms with Crippen molar-refractivity contribution in [2.24, 2.45) is 5.92 Å². The van der Waals surface area contributed by atoms with Crippen LogP contribution in [0.4, 0.5) is 15.8 Å². The highest BCUT2D eigenvalue weighted by molar-refractivity contribution is 9.10. The van der Waals surface area contributed by atoms with Gasteiger partial charge in [0, 0.05) is 18.2 Å². The molecule has 0 spiro atoms. The van der Waals surface area contributed by atoms with Gasteiger partial charge in [-0.25, -0.2) is 4.39 Å². The highest BCUT2D eigenvalue weighted by Crippen LogP contribution is 2.35. The maximum Gasteiger partial charge on any atom is 0.293 e. The van der Waals surface area contributed by atoms with Crippen molar-refractivity contribution in [3.05, 3.63) is 32.5 Å². The zero-order valence-electron chi connectivity index (χ0n) is 9.24. The number of benzene rings is 1. The highest BCUT2D eigenvalue weighted by atomic mass is 79.9. The van der Waals surface area contributed by atoms with Crippen LogP contribution in [0.3, 0.4) is 0 Å². The molecule has 0 heterocycles. The van der Waals surface area contributed by atoms with Gasteiger partial charge in [0.15, 0.2) is 0 Å². The van der Waals surface area contributed by atoms with Crippen LogP contribution in [0.1, 0.15) is 19.8 Å². The molecule has 0 amide bonds. The summed E-state index contributed by atoms with van der Waals surface area (Å²) in [5, 5.41) is 13.9. The minimum Gasteiger partial charge on any atom is -0.377 e. The predicted octanol–water partition coefficient (Wildman–Crippen LogP) is 3.71. The van der Waals surface area contributed by atoms with Crippen LogP contribution in [0.15, 0.2) is 16.6 Å². The summed E-state index contributed by atoms with van der Waals surface area (Å²) >= 11 is 2.95. The van der Waals surface area contributed by atoms with Crippen molar-refractivity contribution in [1.82, 2.24) is 0 Å². The fourth-order valence-corrected chi connectivity index (χ4v) is 2.37. The van der Waals surface area contributed by atoms with E-state index < -0.39 is 10.7 Å². The van der Waals surface area contributed by atoms with E-state index in [4.69, 9.17) is 0 Å². The van der Waals surface area contributed by atoms with Gasteiger partial charge in [-0.05, 0) is 34.7 Å². The number of nitro groups is 1. The number of nitrogens with zero attached hydrogens (tertiary/aromatic N) is 1. The maximum absolute atomic E-state index is 13.4. The first-order valence-electron chi connectivity index (χ1n) is 5.37. The van der Waals surface area contributed by atoms with E-state index in [0.717, 1.165) is 12.8 Å². The smallest absolute Gasteiger partial charge is 0.293 e. The molecule has 1 saturated carbocycles.